The predicted octanol–water partition coefficient (Wildman–Crippen LogP) is 3.30. The normalized spacial score (nSPS) is 16.2. The van der Waals surface area contributed by atoms with Crippen LogP contribution in [0.2, 0.25) is 0 Å². The Kier molecular flexibility index (Phi) is 4.00. The number of rotatable bonds is 3. The fourth-order valence-corrected chi connectivity index (χ4v) is 2.27. The minimum Gasteiger partial charge on any atom is -0.486 e. The Labute approximate surface area is 129 Å². The van der Waals surface area contributed by atoms with Gasteiger partial charge in [0.2, 0.25) is 0 Å². The fraction of sp³-hybridized carbons (Fsp3) is 0.278. The zero-order chi connectivity index (χ0) is 15.5. The molecule has 0 radical (unpaired) electrons. The van der Waals surface area contributed by atoms with Crippen molar-refractivity contribution in [3.63, 3.8) is 0 Å². The molecule has 3 rings (SSSR count). The molecule has 4 heteroatoms. The third-order valence-corrected chi connectivity index (χ3v) is 3.71. The van der Waals surface area contributed by atoms with E-state index >= 15 is 0 Å². The van der Waals surface area contributed by atoms with E-state index in [0.717, 1.165) is 16.9 Å². The molecule has 0 aromatic heterocycles. The zero-order valence-electron chi connectivity index (χ0n) is 12.7. The van der Waals surface area contributed by atoms with Crippen LogP contribution in [0.1, 0.15) is 21.5 Å². The van der Waals surface area contributed by atoms with Crippen LogP contribution < -0.4 is 9.47 Å². The summed E-state index contributed by atoms with van der Waals surface area (Å²) in [5, 5.41) is 0. The van der Waals surface area contributed by atoms with Gasteiger partial charge in [-0.15, -0.1) is 0 Å². The predicted molar refractivity (Wildman–Crippen MR) is 82.6 cm³/mol. The van der Waals surface area contributed by atoms with Crippen LogP contribution in [0.4, 0.5) is 0 Å². The quantitative estimate of drug-likeness (QED) is 0.816. The molecule has 0 saturated carbocycles. The Hall–Kier alpha value is -2.49. The van der Waals surface area contributed by atoms with Crippen LogP contribution in [0.3, 0.4) is 0 Å². The molecular formula is C18H18O4. The summed E-state index contributed by atoms with van der Waals surface area (Å²) in [6, 6.07) is 13.0. The lowest BCUT2D eigenvalue weighted by Gasteiger charge is -2.26. The molecular weight excluding hydrogens is 280 g/mol. The van der Waals surface area contributed by atoms with Crippen molar-refractivity contribution in [2.75, 3.05) is 13.2 Å². The highest BCUT2D eigenvalue weighted by atomic mass is 16.6. The SMILES string of the molecule is Cc1ccc(C(=O)OCC2COc3ccccc3O2)cc1C. The van der Waals surface area contributed by atoms with Crippen LogP contribution in [0.25, 0.3) is 0 Å². The summed E-state index contributed by atoms with van der Waals surface area (Å²) < 4.78 is 16.7. The first kappa shape index (κ1) is 14.4. The van der Waals surface area contributed by atoms with Crippen molar-refractivity contribution in [3.05, 3.63) is 59.2 Å². The van der Waals surface area contributed by atoms with Crippen LogP contribution >= 0.6 is 0 Å². The number of carbonyl (C=O) groups excluding carboxylic acids is 1. The Balaban J connectivity index is 1.59. The molecule has 1 aliphatic heterocycles. The van der Waals surface area contributed by atoms with Crippen molar-refractivity contribution < 1.29 is 19.0 Å². The topological polar surface area (TPSA) is 44.8 Å². The maximum Gasteiger partial charge on any atom is 0.338 e. The molecule has 114 valence electrons. The number of benzene rings is 2. The first-order chi connectivity index (χ1) is 10.6. The summed E-state index contributed by atoms with van der Waals surface area (Å²) in [6.45, 7) is 4.52. The Morgan fingerprint density at radius 1 is 1.14 bits per heavy atom. The molecule has 0 amide bonds. The van der Waals surface area contributed by atoms with E-state index in [0.29, 0.717) is 17.9 Å². The van der Waals surface area contributed by atoms with Gasteiger partial charge in [-0.3, -0.25) is 0 Å². The van der Waals surface area contributed by atoms with E-state index < -0.39 is 0 Å². The third-order valence-electron chi connectivity index (χ3n) is 3.71. The van der Waals surface area contributed by atoms with Crippen molar-refractivity contribution in [2.45, 2.75) is 20.0 Å². The molecule has 4 nitrogen and oxygen atoms in total. The Morgan fingerprint density at radius 2 is 1.91 bits per heavy atom. The zero-order valence-corrected chi connectivity index (χ0v) is 12.7. The maximum atomic E-state index is 12.1. The number of carbonyl (C=O) groups is 1. The van der Waals surface area contributed by atoms with Crippen LogP contribution in [0.5, 0.6) is 11.5 Å². The van der Waals surface area contributed by atoms with E-state index in [4.69, 9.17) is 14.2 Å². The molecule has 0 saturated heterocycles. The van der Waals surface area contributed by atoms with Gasteiger partial charge >= 0.3 is 5.97 Å². The lowest BCUT2D eigenvalue weighted by atomic mass is 10.1. The molecule has 1 heterocycles. The number of para-hydroxylation sites is 2. The molecule has 0 fully saturated rings. The largest absolute Gasteiger partial charge is 0.486 e. The van der Waals surface area contributed by atoms with Crippen molar-refractivity contribution >= 4 is 5.97 Å². The second-order valence-corrected chi connectivity index (χ2v) is 5.40. The van der Waals surface area contributed by atoms with Gasteiger partial charge < -0.3 is 14.2 Å². The highest BCUT2D eigenvalue weighted by Gasteiger charge is 2.22. The summed E-state index contributed by atoms with van der Waals surface area (Å²) in [5.74, 6) is 1.06. The summed E-state index contributed by atoms with van der Waals surface area (Å²) in [7, 11) is 0. The van der Waals surface area contributed by atoms with Crippen LogP contribution in [0, 0.1) is 13.8 Å². The number of fused-ring (bicyclic) bond motifs is 1. The van der Waals surface area contributed by atoms with E-state index in [1.807, 2.05) is 50.2 Å². The van der Waals surface area contributed by atoms with Crippen LogP contribution in [-0.2, 0) is 4.74 Å². The molecule has 2 aromatic rings. The van der Waals surface area contributed by atoms with E-state index in [2.05, 4.69) is 0 Å². The van der Waals surface area contributed by atoms with Gasteiger partial charge in [0.15, 0.2) is 17.6 Å². The molecule has 0 bridgehead atoms. The minimum atomic E-state index is -0.342. The number of hydrogen-bond acceptors (Lipinski definition) is 4. The number of aryl methyl sites for hydroxylation is 2. The Bertz CT molecular complexity index is 693. The van der Waals surface area contributed by atoms with Crippen molar-refractivity contribution in [3.8, 4) is 11.5 Å². The molecule has 2 aromatic carbocycles. The van der Waals surface area contributed by atoms with Gasteiger partial charge in [0.25, 0.3) is 0 Å². The number of hydrogen-bond donors (Lipinski definition) is 0. The van der Waals surface area contributed by atoms with Crippen molar-refractivity contribution in [2.24, 2.45) is 0 Å². The lowest BCUT2D eigenvalue weighted by Crippen LogP contribution is -2.34. The third kappa shape index (κ3) is 3.06. The first-order valence-corrected chi connectivity index (χ1v) is 7.26. The number of esters is 1. The first-order valence-electron chi connectivity index (χ1n) is 7.26. The molecule has 0 aliphatic carbocycles. The van der Waals surface area contributed by atoms with Gasteiger partial charge in [-0.05, 0) is 49.2 Å². The van der Waals surface area contributed by atoms with Gasteiger partial charge in [0.1, 0.15) is 13.2 Å². The van der Waals surface area contributed by atoms with E-state index in [9.17, 15) is 4.79 Å². The summed E-state index contributed by atoms with van der Waals surface area (Å²) in [4.78, 5) is 12.1. The van der Waals surface area contributed by atoms with Crippen LogP contribution in [0.15, 0.2) is 42.5 Å². The van der Waals surface area contributed by atoms with Gasteiger partial charge in [-0.25, -0.2) is 4.79 Å². The fourth-order valence-electron chi connectivity index (χ4n) is 2.27. The van der Waals surface area contributed by atoms with E-state index in [-0.39, 0.29) is 18.7 Å². The maximum absolute atomic E-state index is 12.1. The van der Waals surface area contributed by atoms with Gasteiger partial charge in [0.05, 0.1) is 5.56 Å². The molecule has 1 aliphatic rings. The van der Waals surface area contributed by atoms with E-state index in [1.54, 1.807) is 6.07 Å². The van der Waals surface area contributed by atoms with Gasteiger partial charge in [0, 0.05) is 0 Å². The summed E-state index contributed by atoms with van der Waals surface area (Å²) in [6.07, 6.45) is -0.287. The molecule has 1 atom stereocenters. The highest BCUT2D eigenvalue weighted by molar-refractivity contribution is 5.89. The summed E-state index contributed by atoms with van der Waals surface area (Å²) in [5.41, 5.74) is 2.78. The monoisotopic (exact) mass is 298 g/mol. The second-order valence-electron chi connectivity index (χ2n) is 5.40. The van der Waals surface area contributed by atoms with E-state index in [1.165, 1.54) is 0 Å². The molecule has 0 N–H and O–H groups in total. The number of ether oxygens (including phenoxy) is 3. The van der Waals surface area contributed by atoms with Crippen LogP contribution in [-0.4, -0.2) is 25.3 Å². The smallest absolute Gasteiger partial charge is 0.338 e. The van der Waals surface area contributed by atoms with Gasteiger partial charge in [-0.1, -0.05) is 18.2 Å². The minimum absolute atomic E-state index is 0.167. The molecule has 1 unspecified atom stereocenters. The van der Waals surface area contributed by atoms with Gasteiger partial charge in [-0.2, -0.15) is 0 Å². The van der Waals surface area contributed by atoms with Crippen molar-refractivity contribution in [1.82, 2.24) is 0 Å². The highest BCUT2D eigenvalue weighted by Crippen LogP contribution is 2.30. The lowest BCUT2D eigenvalue weighted by molar-refractivity contribution is 0.0109. The average Bonchev–Trinajstić information content (AvgIpc) is 2.55. The second kappa shape index (κ2) is 6.10. The molecule has 22 heavy (non-hydrogen) atoms. The summed E-state index contributed by atoms with van der Waals surface area (Å²) >= 11 is 0. The average molecular weight is 298 g/mol. The molecule has 0 spiro atoms. The van der Waals surface area contributed by atoms with Crippen molar-refractivity contribution in [1.29, 1.82) is 0 Å². The Morgan fingerprint density at radius 3 is 2.68 bits per heavy atom. The standard InChI is InChI=1S/C18H18O4/c1-12-7-8-14(9-13(12)2)18(19)21-11-15-10-20-16-5-3-4-6-17(16)22-15/h3-9,15H,10-11H2,1-2H3.